The number of nitrogens with zero attached hydrogens (tertiary/aromatic N) is 1. The molecule has 0 saturated heterocycles. The zero-order valence-electron chi connectivity index (χ0n) is 13.1. The molecule has 5 nitrogen and oxygen atoms in total. The Morgan fingerprint density at radius 2 is 1.96 bits per heavy atom. The van der Waals surface area contributed by atoms with Crippen LogP contribution in [0.3, 0.4) is 0 Å². The van der Waals surface area contributed by atoms with Gasteiger partial charge in [0, 0.05) is 0 Å². The lowest BCUT2D eigenvalue weighted by Crippen LogP contribution is -2.30. The van der Waals surface area contributed by atoms with E-state index in [2.05, 4.69) is 35.4 Å². The first kappa shape index (κ1) is 16.1. The van der Waals surface area contributed by atoms with E-state index in [0.29, 0.717) is 5.01 Å². The van der Waals surface area contributed by atoms with E-state index >= 15 is 0 Å². The maximum atomic E-state index is 11.7. The average molecular weight is 340 g/mol. The fraction of sp³-hybridized carbons (Fsp3) is 0.167. The Bertz CT molecular complexity index is 918. The smallest absolute Gasteiger partial charge is 0.322 e. The zero-order valence-corrected chi connectivity index (χ0v) is 13.9. The van der Waals surface area contributed by atoms with Crippen molar-refractivity contribution in [2.75, 3.05) is 6.54 Å². The molecule has 2 aromatic carbocycles. The first-order valence-corrected chi connectivity index (χ1v) is 8.28. The quantitative estimate of drug-likeness (QED) is 0.748. The second-order valence-electron chi connectivity index (χ2n) is 5.51. The summed E-state index contributed by atoms with van der Waals surface area (Å²) in [6.07, 6.45) is 0.0897. The van der Waals surface area contributed by atoms with Crippen LogP contribution in [0.5, 0.6) is 0 Å². The number of carbonyl (C=O) groups excluding carboxylic acids is 1. The van der Waals surface area contributed by atoms with Crippen molar-refractivity contribution in [2.24, 2.45) is 0 Å². The summed E-state index contributed by atoms with van der Waals surface area (Å²) in [5, 5.41) is 11.6. The molecule has 3 rings (SSSR count). The van der Waals surface area contributed by atoms with Crippen molar-refractivity contribution in [1.82, 2.24) is 10.3 Å². The molecule has 122 valence electrons. The molecule has 0 aliphatic rings. The number of hydrogen-bond acceptors (Lipinski definition) is 4. The standard InChI is InChI=1S/C18H16N2O3S/c1-11-3-2-4-12(7-11)13-5-6-15-14(8-13)20-17(24-15)9-16(21)19-10-18(22)23/h2-8H,9-10H2,1H3,(H,19,21)(H,22,23). The van der Waals surface area contributed by atoms with E-state index in [1.54, 1.807) is 0 Å². The van der Waals surface area contributed by atoms with E-state index in [4.69, 9.17) is 5.11 Å². The molecule has 0 aliphatic heterocycles. The van der Waals surface area contributed by atoms with Crippen molar-refractivity contribution >= 4 is 33.4 Å². The molecule has 0 unspecified atom stereocenters. The molecule has 0 fully saturated rings. The Morgan fingerprint density at radius 1 is 1.17 bits per heavy atom. The van der Waals surface area contributed by atoms with E-state index in [0.717, 1.165) is 21.3 Å². The number of benzene rings is 2. The fourth-order valence-corrected chi connectivity index (χ4v) is 3.38. The Hall–Kier alpha value is -2.73. The summed E-state index contributed by atoms with van der Waals surface area (Å²) in [6.45, 7) is 1.68. The Labute approximate surface area is 143 Å². The van der Waals surface area contributed by atoms with Gasteiger partial charge >= 0.3 is 5.97 Å². The van der Waals surface area contributed by atoms with Gasteiger partial charge in [-0.15, -0.1) is 11.3 Å². The number of carboxylic acids is 1. The van der Waals surface area contributed by atoms with Crippen molar-refractivity contribution in [1.29, 1.82) is 0 Å². The first-order chi connectivity index (χ1) is 11.5. The average Bonchev–Trinajstić information content (AvgIpc) is 2.94. The minimum atomic E-state index is -1.06. The van der Waals surface area contributed by atoms with Crippen LogP contribution >= 0.6 is 11.3 Å². The third-order valence-corrected chi connectivity index (χ3v) is 4.57. The largest absolute Gasteiger partial charge is 0.480 e. The first-order valence-electron chi connectivity index (χ1n) is 7.46. The Balaban J connectivity index is 1.81. The highest BCUT2D eigenvalue weighted by molar-refractivity contribution is 7.18. The molecule has 1 aromatic heterocycles. The van der Waals surface area contributed by atoms with Crippen molar-refractivity contribution in [3.8, 4) is 11.1 Å². The molecule has 0 atom stereocenters. The number of hydrogen-bond donors (Lipinski definition) is 2. The topological polar surface area (TPSA) is 79.3 Å². The summed E-state index contributed by atoms with van der Waals surface area (Å²) < 4.78 is 1.01. The number of aryl methyl sites for hydroxylation is 1. The van der Waals surface area contributed by atoms with Crippen molar-refractivity contribution in [3.05, 3.63) is 53.0 Å². The van der Waals surface area contributed by atoms with E-state index in [9.17, 15) is 9.59 Å². The van der Waals surface area contributed by atoms with Gasteiger partial charge in [0.15, 0.2) is 0 Å². The van der Waals surface area contributed by atoms with Crippen LogP contribution in [-0.2, 0) is 16.0 Å². The zero-order chi connectivity index (χ0) is 17.1. The predicted molar refractivity (Wildman–Crippen MR) is 94.1 cm³/mol. The molecule has 0 aliphatic carbocycles. The maximum absolute atomic E-state index is 11.7. The van der Waals surface area contributed by atoms with Gasteiger partial charge in [-0.25, -0.2) is 4.98 Å². The fourth-order valence-electron chi connectivity index (χ4n) is 2.43. The molecule has 3 aromatic rings. The van der Waals surface area contributed by atoms with Crippen LogP contribution in [0.1, 0.15) is 10.6 Å². The Kier molecular flexibility index (Phi) is 4.57. The lowest BCUT2D eigenvalue weighted by Gasteiger charge is -2.02. The second-order valence-corrected chi connectivity index (χ2v) is 6.62. The van der Waals surface area contributed by atoms with E-state index in [-0.39, 0.29) is 18.9 Å². The molecule has 2 N–H and O–H groups in total. The normalized spacial score (nSPS) is 10.7. The number of carboxylic acid groups (broad SMARTS) is 1. The van der Waals surface area contributed by atoms with Gasteiger partial charge in [-0.05, 0) is 30.2 Å². The van der Waals surface area contributed by atoms with E-state index in [1.165, 1.54) is 16.9 Å². The number of fused-ring (bicyclic) bond motifs is 1. The van der Waals surface area contributed by atoms with Gasteiger partial charge in [-0.1, -0.05) is 35.9 Å². The molecule has 1 heterocycles. The summed E-state index contributed by atoms with van der Waals surface area (Å²) in [5.41, 5.74) is 4.26. The Morgan fingerprint density at radius 3 is 2.71 bits per heavy atom. The molecular formula is C18H16N2O3S. The summed E-state index contributed by atoms with van der Waals surface area (Å²) >= 11 is 1.45. The van der Waals surface area contributed by atoms with Crippen molar-refractivity contribution in [3.63, 3.8) is 0 Å². The number of nitrogens with one attached hydrogen (secondary N) is 1. The summed E-state index contributed by atoms with van der Waals surface area (Å²) in [4.78, 5) is 26.7. The van der Waals surface area contributed by atoms with Crippen LogP contribution in [-0.4, -0.2) is 28.5 Å². The minimum absolute atomic E-state index is 0.0897. The molecule has 0 radical (unpaired) electrons. The third-order valence-electron chi connectivity index (χ3n) is 3.53. The molecule has 1 amide bonds. The number of rotatable bonds is 5. The monoisotopic (exact) mass is 340 g/mol. The number of amides is 1. The van der Waals surface area contributed by atoms with Crippen LogP contribution in [0, 0.1) is 6.92 Å². The summed E-state index contributed by atoms with van der Waals surface area (Å²) in [6, 6.07) is 14.3. The highest BCUT2D eigenvalue weighted by atomic mass is 32.1. The van der Waals surface area contributed by atoms with Crippen LogP contribution in [0.4, 0.5) is 0 Å². The number of carbonyl (C=O) groups is 2. The highest BCUT2D eigenvalue weighted by Crippen LogP contribution is 2.28. The van der Waals surface area contributed by atoms with E-state index < -0.39 is 5.97 Å². The second kappa shape index (κ2) is 6.80. The SMILES string of the molecule is Cc1cccc(-c2ccc3sc(CC(=O)NCC(=O)O)nc3c2)c1. The van der Waals surface area contributed by atoms with Gasteiger partial charge in [0.1, 0.15) is 11.6 Å². The van der Waals surface area contributed by atoms with Crippen LogP contribution in [0.15, 0.2) is 42.5 Å². The van der Waals surface area contributed by atoms with Gasteiger partial charge in [-0.2, -0.15) is 0 Å². The third kappa shape index (κ3) is 3.78. The lowest BCUT2D eigenvalue weighted by atomic mass is 10.0. The van der Waals surface area contributed by atoms with Crippen molar-refractivity contribution < 1.29 is 14.7 Å². The van der Waals surface area contributed by atoms with Gasteiger partial charge in [0.2, 0.25) is 5.91 Å². The van der Waals surface area contributed by atoms with Crippen LogP contribution < -0.4 is 5.32 Å². The van der Waals surface area contributed by atoms with Gasteiger partial charge in [0.05, 0.1) is 16.6 Å². The van der Waals surface area contributed by atoms with Gasteiger partial charge < -0.3 is 10.4 Å². The molecule has 0 spiro atoms. The summed E-state index contributed by atoms with van der Waals surface area (Å²) in [5.74, 6) is -1.40. The summed E-state index contributed by atoms with van der Waals surface area (Å²) in [7, 11) is 0. The number of thiazole rings is 1. The molecule has 0 bridgehead atoms. The van der Waals surface area contributed by atoms with Gasteiger partial charge in [0.25, 0.3) is 0 Å². The van der Waals surface area contributed by atoms with Gasteiger partial charge in [-0.3, -0.25) is 9.59 Å². The predicted octanol–water partition coefficient (Wildman–Crippen LogP) is 3.02. The number of aromatic nitrogens is 1. The molecule has 6 heteroatoms. The molecular weight excluding hydrogens is 324 g/mol. The maximum Gasteiger partial charge on any atom is 0.322 e. The van der Waals surface area contributed by atoms with Crippen LogP contribution in [0.25, 0.3) is 21.3 Å². The van der Waals surface area contributed by atoms with Crippen molar-refractivity contribution in [2.45, 2.75) is 13.3 Å². The number of aliphatic carboxylic acids is 1. The van der Waals surface area contributed by atoms with E-state index in [1.807, 2.05) is 24.3 Å². The minimum Gasteiger partial charge on any atom is -0.480 e. The molecule has 0 saturated carbocycles. The lowest BCUT2D eigenvalue weighted by molar-refractivity contribution is -0.137. The molecule has 24 heavy (non-hydrogen) atoms. The highest BCUT2D eigenvalue weighted by Gasteiger charge is 2.11. The van der Waals surface area contributed by atoms with Crippen LogP contribution in [0.2, 0.25) is 0 Å².